The van der Waals surface area contributed by atoms with Crippen molar-refractivity contribution in [1.82, 2.24) is 0 Å². The molecule has 0 aromatic heterocycles. The SMILES string of the molecule is CC(=O)OCC[C@@]1(C)C=CC[C@H]1C. The smallest absolute Gasteiger partial charge is 0.302 e. The maximum Gasteiger partial charge on any atom is 0.302 e. The van der Waals surface area contributed by atoms with Crippen LogP contribution in [0.4, 0.5) is 0 Å². The molecule has 0 bridgehead atoms. The molecule has 0 aromatic rings. The number of hydrogen-bond donors (Lipinski definition) is 0. The molecule has 1 aliphatic carbocycles. The van der Waals surface area contributed by atoms with Crippen molar-refractivity contribution in [3.63, 3.8) is 0 Å². The minimum absolute atomic E-state index is 0.182. The molecule has 0 amide bonds. The molecule has 74 valence electrons. The predicted molar refractivity (Wildman–Crippen MR) is 52.3 cm³/mol. The van der Waals surface area contributed by atoms with E-state index in [-0.39, 0.29) is 11.4 Å². The lowest BCUT2D eigenvalue weighted by Crippen LogP contribution is -2.21. The Bertz CT molecular complexity index is 220. The minimum atomic E-state index is -0.182. The van der Waals surface area contributed by atoms with E-state index in [4.69, 9.17) is 4.74 Å². The van der Waals surface area contributed by atoms with Crippen molar-refractivity contribution in [3.8, 4) is 0 Å². The van der Waals surface area contributed by atoms with Crippen molar-refractivity contribution in [3.05, 3.63) is 12.2 Å². The highest BCUT2D eigenvalue weighted by Crippen LogP contribution is 2.39. The quantitative estimate of drug-likeness (QED) is 0.495. The number of ether oxygens (including phenoxy) is 1. The van der Waals surface area contributed by atoms with Gasteiger partial charge < -0.3 is 4.74 Å². The van der Waals surface area contributed by atoms with E-state index < -0.39 is 0 Å². The molecule has 2 heteroatoms. The zero-order valence-corrected chi connectivity index (χ0v) is 8.67. The van der Waals surface area contributed by atoms with Crippen LogP contribution in [0.2, 0.25) is 0 Å². The summed E-state index contributed by atoms with van der Waals surface area (Å²) in [5, 5.41) is 0. The first-order chi connectivity index (χ1) is 6.04. The molecular formula is C11H18O2. The summed E-state index contributed by atoms with van der Waals surface area (Å²) in [4.78, 5) is 10.6. The average molecular weight is 182 g/mol. The molecule has 1 aliphatic rings. The van der Waals surface area contributed by atoms with Crippen LogP contribution in [0, 0.1) is 11.3 Å². The molecule has 0 radical (unpaired) electrons. The normalized spacial score (nSPS) is 32.1. The number of rotatable bonds is 3. The van der Waals surface area contributed by atoms with E-state index in [2.05, 4.69) is 26.0 Å². The average Bonchev–Trinajstić information content (AvgIpc) is 2.32. The maximum absolute atomic E-state index is 10.6. The van der Waals surface area contributed by atoms with E-state index >= 15 is 0 Å². The second kappa shape index (κ2) is 3.95. The summed E-state index contributed by atoms with van der Waals surface area (Å²) in [6.45, 7) is 6.47. The molecule has 0 spiro atoms. The highest BCUT2D eigenvalue weighted by Gasteiger charge is 2.31. The van der Waals surface area contributed by atoms with Crippen LogP contribution in [0.3, 0.4) is 0 Å². The highest BCUT2D eigenvalue weighted by molar-refractivity contribution is 5.65. The highest BCUT2D eigenvalue weighted by atomic mass is 16.5. The molecule has 2 atom stereocenters. The van der Waals surface area contributed by atoms with Gasteiger partial charge in [-0.25, -0.2) is 0 Å². The van der Waals surface area contributed by atoms with Gasteiger partial charge in [-0.3, -0.25) is 4.79 Å². The van der Waals surface area contributed by atoms with E-state index in [1.54, 1.807) is 0 Å². The van der Waals surface area contributed by atoms with Crippen molar-refractivity contribution in [2.45, 2.75) is 33.6 Å². The second-order valence-corrected chi connectivity index (χ2v) is 4.13. The molecule has 0 aliphatic heterocycles. The zero-order valence-electron chi connectivity index (χ0n) is 8.67. The van der Waals surface area contributed by atoms with E-state index in [1.165, 1.54) is 6.92 Å². The van der Waals surface area contributed by atoms with E-state index in [0.29, 0.717) is 12.5 Å². The molecule has 0 fully saturated rings. The molecular weight excluding hydrogens is 164 g/mol. The lowest BCUT2D eigenvalue weighted by atomic mass is 9.79. The Morgan fingerprint density at radius 1 is 1.69 bits per heavy atom. The van der Waals surface area contributed by atoms with Gasteiger partial charge in [-0.05, 0) is 24.2 Å². The first kappa shape index (κ1) is 10.3. The molecule has 1 rings (SSSR count). The van der Waals surface area contributed by atoms with Crippen molar-refractivity contribution < 1.29 is 9.53 Å². The lowest BCUT2D eigenvalue weighted by molar-refractivity contribution is -0.141. The van der Waals surface area contributed by atoms with Gasteiger partial charge >= 0.3 is 5.97 Å². The second-order valence-electron chi connectivity index (χ2n) is 4.13. The summed E-state index contributed by atoms with van der Waals surface area (Å²) in [5.74, 6) is 0.487. The molecule has 0 saturated heterocycles. The third-order valence-electron chi connectivity index (χ3n) is 3.06. The van der Waals surface area contributed by atoms with Crippen molar-refractivity contribution in [1.29, 1.82) is 0 Å². The molecule has 0 N–H and O–H groups in total. The molecule has 0 unspecified atom stereocenters. The van der Waals surface area contributed by atoms with Crippen LogP contribution in [0.25, 0.3) is 0 Å². The maximum atomic E-state index is 10.6. The minimum Gasteiger partial charge on any atom is -0.466 e. The van der Waals surface area contributed by atoms with Crippen molar-refractivity contribution in [2.75, 3.05) is 6.61 Å². The monoisotopic (exact) mass is 182 g/mol. The molecule has 0 heterocycles. The topological polar surface area (TPSA) is 26.3 Å². The van der Waals surface area contributed by atoms with Gasteiger partial charge in [-0.2, -0.15) is 0 Å². The van der Waals surface area contributed by atoms with Gasteiger partial charge in [-0.15, -0.1) is 0 Å². The predicted octanol–water partition coefficient (Wildman–Crippen LogP) is 2.54. The fourth-order valence-electron chi connectivity index (χ4n) is 1.72. The van der Waals surface area contributed by atoms with E-state index in [0.717, 1.165) is 12.8 Å². The van der Waals surface area contributed by atoms with Gasteiger partial charge in [0.1, 0.15) is 0 Å². The van der Waals surface area contributed by atoms with Crippen LogP contribution in [-0.4, -0.2) is 12.6 Å². The van der Waals surface area contributed by atoms with Gasteiger partial charge in [0, 0.05) is 6.92 Å². The molecule has 0 aromatic carbocycles. The fraction of sp³-hybridized carbons (Fsp3) is 0.727. The number of allylic oxidation sites excluding steroid dienone is 2. The zero-order chi connectivity index (χ0) is 9.90. The Labute approximate surface area is 80.0 Å². The Hall–Kier alpha value is -0.790. The first-order valence-corrected chi connectivity index (χ1v) is 4.86. The number of esters is 1. The van der Waals surface area contributed by atoms with Crippen LogP contribution >= 0.6 is 0 Å². The van der Waals surface area contributed by atoms with Crippen molar-refractivity contribution in [2.24, 2.45) is 11.3 Å². The summed E-state index contributed by atoms with van der Waals surface area (Å²) in [5.41, 5.74) is 0.232. The van der Waals surface area contributed by atoms with Crippen molar-refractivity contribution >= 4 is 5.97 Å². The molecule has 2 nitrogen and oxygen atoms in total. The third kappa shape index (κ3) is 2.58. The fourth-order valence-corrected chi connectivity index (χ4v) is 1.72. The van der Waals surface area contributed by atoms with Gasteiger partial charge in [-0.1, -0.05) is 26.0 Å². The van der Waals surface area contributed by atoms with Crippen LogP contribution in [0.15, 0.2) is 12.2 Å². The number of carbonyl (C=O) groups excluding carboxylic acids is 1. The van der Waals surface area contributed by atoms with Gasteiger partial charge in [0.25, 0.3) is 0 Å². The Balaban J connectivity index is 2.34. The van der Waals surface area contributed by atoms with Crippen LogP contribution in [-0.2, 0) is 9.53 Å². The third-order valence-corrected chi connectivity index (χ3v) is 3.06. The summed E-state index contributed by atoms with van der Waals surface area (Å²) < 4.78 is 4.94. The van der Waals surface area contributed by atoms with Crippen LogP contribution in [0.1, 0.15) is 33.6 Å². The summed E-state index contributed by atoms with van der Waals surface area (Å²) in [6.07, 6.45) is 6.56. The van der Waals surface area contributed by atoms with Gasteiger partial charge in [0.15, 0.2) is 0 Å². The first-order valence-electron chi connectivity index (χ1n) is 4.86. The van der Waals surface area contributed by atoms with E-state index in [1.807, 2.05) is 0 Å². The summed E-state index contributed by atoms with van der Waals surface area (Å²) >= 11 is 0. The van der Waals surface area contributed by atoms with Crippen LogP contribution < -0.4 is 0 Å². The van der Waals surface area contributed by atoms with Gasteiger partial charge in [0.05, 0.1) is 6.61 Å². The molecule has 0 saturated carbocycles. The summed E-state index contributed by atoms with van der Waals surface area (Å²) in [6, 6.07) is 0. The summed E-state index contributed by atoms with van der Waals surface area (Å²) in [7, 11) is 0. The Kier molecular flexibility index (Phi) is 3.12. The number of carbonyl (C=O) groups is 1. The Morgan fingerprint density at radius 2 is 2.38 bits per heavy atom. The number of hydrogen-bond acceptors (Lipinski definition) is 2. The standard InChI is InChI=1S/C11H18O2/c1-9-5-4-6-11(9,3)7-8-13-10(2)12/h4,6,9H,5,7-8H2,1-3H3/t9-,11-/m1/s1. The Morgan fingerprint density at radius 3 is 2.85 bits per heavy atom. The van der Waals surface area contributed by atoms with Crippen LogP contribution in [0.5, 0.6) is 0 Å². The lowest BCUT2D eigenvalue weighted by Gasteiger charge is -2.27. The van der Waals surface area contributed by atoms with E-state index in [9.17, 15) is 4.79 Å². The largest absolute Gasteiger partial charge is 0.466 e. The molecule has 13 heavy (non-hydrogen) atoms. The van der Waals surface area contributed by atoms with Gasteiger partial charge in [0.2, 0.25) is 0 Å².